The fourth-order valence-electron chi connectivity index (χ4n) is 2.27. The number of nitrogens with two attached hydrogens (primary N) is 1. The van der Waals surface area contributed by atoms with E-state index in [1.165, 1.54) is 22.3 Å². The van der Waals surface area contributed by atoms with Crippen LogP contribution in [-0.2, 0) is 17.6 Å². The normalized spacial score (nSPS) is 9.37. The molecular weight excluding hydrogens is 234 g/mol. The van der Waals surface area contributed by atoms with Gasteiger partial charge in [-0.15, -0.1) is 0 Å². The molecule has 0 aliphatic heterocycles. The van der Waals surface area contributed by atoms with Crippen molar-refractivity contribution in [1.82, 2.24) is 0 Å². The van der Waals surface area contributed by atoms with Crippen molar-refractivity contribution >= 4 is 6.41 Å². The third-order valence-corrected chi connectivity index (χ3v) is 3.09. The number of carbonyl (C=O) groups excluding carboxylic acids is 1. The van der Waals surface area contributed by atoms with Gasteiger partial charge in [0.05, 0.1) is 0 Å². The Kier molecular flexibility index (Phi) is 6.37. The Labute approximate surface area is 115 Å². The molecule has 0 heterocycles. The van der Waals surface area contributed by atoms with E-state index in [9.17, 15) is 0 Å². The third kappa shape index (κ3) is 3.95. The molecule has 0 bridgehead atoms. The van der Waals surface area contributed by atoms with Gasteiger partial charge in [0, 0.05) is 0 Å². The molecule has 0 radical (unpaired) electrons. The molecule has 0 aliphatic carbocycles. The van der Waals surface area contributed by atoms with Crippen molar-refractivity contribution in [2.75, 3.05) is 0 Å². The van der Waals surface area contributed by atoms with Crippen LogP contribution in [0.3, 0.4) is 0 Å². The van der Waals surface area contributed by atoms with Crippen LogP contribution in [0.25, 0.3) is 11.1 Å². The van der Waals surface area contributed by atoms with E-state index in [-0.39, 0.29) is 6.41 Å². The van der Waals surface area contributed by atoms with E-state index >= 15 is 0 Å². The summed E-state index contributed by atoms with van der Waals surface area (Å²) in [5.74, 6) is 0. The Morgan fingerprint density at radius 1 is 0.947 bits per heavy atom. The highest BCUT2D eigenvalue weighted by Gasteiger charge is 2.06. The van der Waals surface area contributed by atoms with Crippen LogP contribution in [0.2, 0.25) is 0 Å². The minimum atomic E-state index is 0.250. The molecule has 2 N–H and O–H groups in total. The lowest BCUT2D eigenvalue weighted by molar-refractivity contribution is -0.106. The van der Waals surface area contributed by atoms with E-state index < -0.39 is 0 Å². The molecule has 1 amide bonds. The minimum absolute atomic E-state index is 0.250. The molecule has 0 saturated heterocycles. The zero-order valence-electron chi connectivity index (χ0n) is 11.6. The van der Waals surface area contributed by atoms with Gasteiger partial charge < -0.3 is 5.73 Å². The predicted octanol–water partition coefficient (Wildman–Crippen LogP) is 3.58. The average molecular weight is 255 g/mol. The highest BCUT2D eigenvalue weighted by atomic mass is 16.1. The largest absolute Gasteiger partial charge is 0.372 e. The second kappa shape index (κ2) is 8.09. The highest BCUT2D eigenvalue weighted by Crippen LogP contribution is 2.26. The van der Waals surface area contributed by atoms with Gasteiger partial charge in [-0.2, -0.15) is 0 Å². The number of hydrogen-bond donors (Lipinski definition) is 1. The molecule has 0 aromatic heterocycles. The van der Waals surface area contributed by atoms with Gasteiger partial charge >= 0.3 is 0 Å². The summed E-state index contributed by atoms with van der Waals surface area (Å²) >= 11 is 0. The van der Waals surface area contributed by atoms with E-state index in [2.05, 4.69) is 68.1 Å². The highest BCUT2D eigenvalue weighted by molar-refractivity contribution is 5.68. The third-order valence-electron chi connectivity index (χ3n) is 3.09. The summed E-state index contributed by atoms with van der Waals surface area (Å²) in [6.45, 7) is 4.46. The van der Waals surface area contributed by atoms with E-state index in [0.717, 1.165) is 12.8 Å². The fourth-order valence-corrected chi connectivity index (χ4v) is 2.27. The van der Waals surface area contributed by atoms with Gasteiger partial charge in [0.2, 0.25) is 6.41 Å². The van der Waals surface area contributed by atoms with Crippen LogP contribution in [0, 0.1) is 0 Å². The van der Waals surface area contributed by atoms with Gasteiger partial charge in [-0.3, -0.25) is 4.79 Å². The predicted molar refractivity (Wildman–Crippen MR) is 80.9 cm³/mol. The Balaban J connectivity index is 0.000000550. The van der Waals surface area contributed by atoms with Crippen LogP contribution >= 0.6 is 0 Å². The first-order valence-corrected chi connectivity index (χ1v) is 6.60. The maximum Gasteiger partial charge on any atom is 0.204 e. The van der Waals surface area contributed by atoms with Crippen LogP contribution < -0.4 is 5.73 Å². The summed E-state index contributed by atoms with van der Waals surface area (Å²) in [6, 6.07) is 17.3. The summed E-state index contributed by atoms with van der Waals surface area (Å²) in [6.07, 6.45) is 2.47. The molecule has 100 valence electrons. The van der Waals surface area contributed by atoms with Crippen molar-refractivity contribution in [3.05, 3.63) is 59.7 Å². The second-order valence-corrected chi connectivity index (χ2v) is 4.15. The summed E-state index contributed by atoms with van der Waals surface area (Å²) < 4.78 is 0. The lowest BCUT2D eigenvalue weighted by Gasteiger charge is -2.12. The van der Waals surface area contributed by atoms with Gasteiger partial charge in [0.25, 0.3) is 0 Å². The van der Waals surface area contributed by atoms with Crippen molar-refractivity contribution in [1.29, 1.82) is 0 Å². The summed E-state index contributed by atoms with van der Waals surface area (Å²) in [5, 5.41) is 0. The first-order valence-electron chi connectivity index (χ1n) is 6.60. The van der Waals surface area contributed by atoms with E-state index in [1.807, 2.05) is 0 Å². The van der Waals surface area contributed by atoms with Gasteiger partial charge in [0.1, 0.15) is 0 Å². The van der Waals surface area contributed by atoms with E-state index in [1.54, 1.807) is 0 Å². The van der Waals surface area contributed by atoms with Gasteiger partial charge in [0.15, 0.2) is 0 Å². The van der Waals surface area contributed by atoms with Crippen molar-refractivity contribution < 1.29 is 4.79 Å². The number of hydrogen-bond acceptors (Lipinski definition) is 1. The molecule has 2 nitrogen and oxygen atoms in total. The molecule has 0 saturated carbocycles. The number of primary amides is 1. The van der Waals surface area contributed by atoms with Gasteiger partial charge in [-0.05, 0) is 35.1 Å². The fraction of sp³-hybridized carbons (Fsp3) is 0.235. The first-order chi connectivity index (χ1) is 9.28. The van der Waals surface area contributed by atoms with Crippen molar-refractivity contribution in [2.45, 2.75) is 26.7 Å². The van der Waals surface area contributed by atoms with Crippen molar-refractivity contribution in [3.8, 4) is 11.1 Å². The lowest BCUT2D eigenvalue weighted by Crippen LogP contribution is -1.94. The number of amides is 1. The molecule has 0 fully saturated rings. The van der Waals surface area contributed by atoms with Crippen LogP contribution in [-0.4, -0.2) is 6.41 Å². The van der Waals surface area contributed by atoms with Crippen molar-refractivity contribution in [2.24, 2.45) is 5.73 Å². The number of carbonyl (C=O) groups is 1. The maximum atomic E-state index is 8.58. The molecule has 19 heavy (non-hydrogen) atoms. The number of rotatable bonds is 3. The number of aryl methyl sites for hydroxylation is 1. The molecule has 2 aromatic carbocycles. The standard InChI is InChI=1S/C16H18.CH3NO/c1-3-13-11-8-12-16(15(13)4-2)14-9-6-5-7-10-14;2-1-3/h5-12H,3-4H2,1-2H3;1H,(H2,2,3). The molecule has 2 heteroatoms. The molecular formula is C17H21NO. The monoisotopic (exact) mass is 255 g/mol. The molecule has 0 unspecified atom stereocenters. The minimum Gasteiger partial charge on any atom is -0.372 e. The quantitative estimate of drug-likeness (QED) is 0.837. The molecule has 0 aliphatic rings. The average Bonchev–Trinajstić information content (AvgIpc) is 2.48. The van der Waals surface area contributed by atoms with E-state index in [4.69, 9.17) is 4.79 Å². The first kappa shape index (κ1) is 15.0. The smallest absolute Gasteiger partial charge is 0.204 e. The summed E-state index contributed by atoms with van der Waals surface area (Å²) in [7, 11) is 0. The Morgan fingerprint density at radius 3 is 2.11 bits per heavy atom. The van der Waals surface area contributed by atoms with Crippen LogP contribution in [0.15, 0.2) is 48.5 Å². The summed E-state index contributed by atoms with van der Waals surface area (Å²) in [4.78, 5) is 8.58. The van der Waals surface area contributed by atoms with Gasteiger partial charge in [-0.25, -0.2) is 0 Å². The zero-order valence-corrected chi connectivity index (χ0v) is 11.6. The maximum absolute atomic E-state index is 8.58. The zero-order chi connectivity index (χ0) is 14.1. The van der Waals surface area contributed by atoms with Gasteiger partial charge in [-0.1, -0.05) is 62.4 Å². The summed E-state index contributed by atoms with van der Waals surface area (Å²) in [5.41, 5.74) is 9.86. The molecule has 2 rings (SSSR count). The Hall–Kier alpha value is -2.09. The Morgan fingerprint density at radius 2 is 1.58 bits per heavy atom. The van der Waals surface area contributed by atoms with Crippen LogP contribution in [0.1, 0.15) is 25.0 Å². The van der Waals surface area contributed by atoms with Crippen LogP contribution in [0.4, 0.5) is 0 Å². The lowest BCUT2D eigenvalue weighted by atomic mass is 9.93. The van der Waals surface area contributed by atoms with E-state index in [0.29, 0.717) is 0 Å². The van der Waals surface area contributed by atoms with Crippen LogP contribution in [0.5, 0.6) is 0 Å². The number of benzene rings is 2. The van der Waals surface area contributed by atoms with Crippen molar-refractivity contribution in [3.63, 3.8) is 0 Å². The molecule has 0 spiro atoms. The Bertz CT molecular complexity index is 506. The molecule has 0 atom stereocenters. The second-order valence-electron chi connectivity index (χ2n) is 4.15. The topological polar surface area (TPSA) is 43.1 Å². The SMILES string of the molecule is CCc1cccc(-c2ccccc2)c1CC.NC=O. The molecule has 2 aromatic rings.